The van der Waals surface area contributed by atoms with Crippen LogP contribution in [0.15, 0.2) is 158 Å². The van der Waals surface area contributed by atoms with E-state index in [0.717, 1.165) is 19.3 Å². The summed E-state index contributed by atoms with van der Waals surface area (Å²) in [7, 11) is 0. The second-order valence-corrected chi connectivity index (χ2v) is 33.4. The fourth-order valence-corrected chi connectivity index (χ4v) is 17.3. The highest BCUT2D eigenvalue weighted by atomic mass is 15.3. The van der Waals surface area contributed by atoms with Gasteiger partial charge in [0.05, 0.1) is 11.1 Å². The highest BCUT2D eigenvalue weighted by molar-refractivity contribution is 7.00. The molecule has 0 radical (unpaired) electrons. The van der Waals surface area contributed by atoms with E-state index >= 15 is 0 Å². The Morgan fingerprint density at radius 1 is 0.345 bits per heavy atom. The zero-order valence-corrected chi connectivity index (χ0v) is 56.1. The van der Waals surface area contributed by atoms with Gasteiger partial charge in [-0.25, -0.2) is 0 Å². The van der Waals surface area contributed by atoms with Crippen molar-refractivity contribution in [1.82, 2.24) is 0 Å². The maximum atomic E-state index is 2.82. The molecule has 2 aliphatic carbocycles. The molecular formula is C82H95BN4. The van der Waals surface area contributed by atoms with E-state index in [2.05, 4.69) is 309 Å². The molecule has 0 N–H and O–H groups in total. The molecule has 446 valence electrons. The Bertz CT molecular complexity index is 4100. The maximum Gasteiger partial charge on any atom is 0.252 e. The highest BCUT2D eigenvalue weighted by Crippen LogP contribution is 2.66. The Labute approximate surface area is 523 Å². The van der Waals surface area contributed by atoms with Crippen LogP contribution < -0.4 is 36.0 Å². The molecule has 0 spiro atoms. The van der Waals surface area contributed by atoms with Crippen LogP contribution in [-0.2, 0) is 49.9 Å². The Morgan fingerprint density at radius 2 is 0.770 bits per heavy atom. The van der Waals surface area contributed by atoms with E-state index in [-0.39, 0.29) is 50.2 Å². The topological polar surface area (TPSA) is 13.0 Å². The molecular weight excluding hydrogens is 1050 g/mol. The van der Waals surface area contributed by atoms with Crippen molar-refractivity contribution >= 4 is 80.0 Å². The smallest absolute Gasteiger partial charge is 0.252 e. The average molecular weight is 1150 g/mol. The van der Waals surface area contributed by atoms with Crippen LogP contribution in [-0.4, -0.2) is 12.3 Å². The fourth-order valence-electron chi connectivity index (χ4n) is 17.3. The molecule has 1 fully saturated rings. The molecule has 8 aromatic carbocycles. The molecule has 87 heavy (non-hydrogen) atoms. The second-order valence-electron chi connectivity index (χ2n) is 33.4. The Kier molecular flexibility index (Phi) is 12.5. The van der Waals surface area contributed by atoms with Crippen LogP contribution in [0.5, 0.6) is 0 Å². The zero-order valence-electron chi connectivity index (χ0n) is 56.1. The van der Waals surface area contributed by atoms with Gasteiger partial charge in [0, 0.05) is 67.7 Å². The number of benzene rings is 8. The predicted molar refractivity (Wildman–Crippen MR) is 375 cm³/mol. The molecule has 5 heteroatoms. The van der Waals surface area contributed by atoms with Gasteiger partial charge in [-0.2, -0.15) is 0 Å². The predicted octanol–water partition coefficient (Wildman–Crippen LogP) is 20.3. The van der Waals surface area contributed by atoms with Gasteiger partial charge in [-0.1, -0.05) is 215 Å². The molecule has 1 saturated carbocycles. The minimum Gasteiger partial charge on any atom is -0.334 e. The maximum absolute atomic E-state index is 2.82. The standard InChI is InChI=1S/C82H95BN4/c1-74(2,3)53-26-33-58(34-27-53)84-69-40-32-57(78(13,14)15)48-65(69)83-66-49-60(86-67-38-30-55(76(7,8)9)46-63(67)79(16)43-22-23-44-81(79,86)18)37-41-70(66)85(59-35-28-54(29-36-59)75(4,5)6)72-51-61(50-71(84)73(72)83)87-68-39-31-56(77(10,11)12)47-64(68)80(17)45-42-52-24-20-21-25-62(52)82(80,87)19/h20-21,24-41,46-51H,22-23,42-45H2,1-19H3. The molecule has 14 rings (SSSR count). The largest absolute Gasteiger partial charge is 0.334 e. The Balaban J connectivity index is 1.10. The summed E-state index contributed by atoms with van der Waals surface area (Å²) in [5.41, 5.74) is 28.5. The first-order valence-corrected chi connectivity index (χ1v) is 33.0. The first kappa shape index (κ1) is 57.8. The van der Waals surface area contributed by atoms with Crippen LogP contribution in [0.4, 0.5) is 56.9 Å². The van der Waals surface area contributed by atoms with Crippen LogP contribution in [0.2, 0.25) is 0 Å². The molecule has 0 aromatic heterocycles. The lowest BCUT2D eigenvalue weighted by Gasteiger charge is -2.52. The third-order valence-corrected chi connectivity index (χ3v) is 23.0. The van der Waals surface area contributed by atoms with E-state index in [1.54, 1.807) is 0 Å². The van der Waals surface area contributed by atoms with Crippen molar-refractivity contribution in [3.05, 3.63) is 208 Å². The van der Waals surface area contributed by atoms with Gasteiger partial charge in [0.15, 0.2) is 0 Å². The lowest BCUT2D eigenvalue weighted by molar-refractivity contribution is 0.195. The number of anilines is 10. The van der Waals surface area contributed by atoms with Crippen molar-refractivity contribution in [2.45, 2.75) is 219 Å². The summed E-state index contributed by atoms with van der Waals surface area (Å²) in [5.74, 6) is 0. The van der Waals surface area contributed by atoms with Crippen LogP contribution in [0, 0.1) is 0 Å². The molecule has 4 heterocycles. The van der Waals surface area contributed by atoms with E-state index < -0.39 is 5.54 Å². The van der Waals surface area contributed by atoms with Gasteiger partial charge in [0.2, 0.25) is 0 Å². The van der Waals surface area contributed by atoms with Crippen LogP contribution >= 0.6 is 0 Å². The quantitative estimate of drug-likeness (QED) is 0.163. The highest BCUT2D eigenvalue weighted by Gasteiger charge is 2.61. The van der Waals surface area contributed by atoms with Crippen molar-refractivity contribution in [2.75, 3.05) is 19.6 Å². The molecule has 4 atom stereocenters. The molecule has 4 nitrogen and oxygen atoms in total. The molecule has 8 aromatic rings. The normalized spacial score (nSPS) is 22.9. The second kappa shape index (κ2) is 18.8. The van der Waals surface area contributed by atoms with Gasteiger partial charge >= 0.3 is 0 Å². The number of rotatable bonds is 4. The van der Waals surface area contributed by atoms with Crippen LogP contribution in [0.3, 0.4) is 0 Å². The van der Waals surface area contributed by atoms with E-state index in [1.165, 1.54) is 143 Å². The van der Waals surface area contributed by atoms with E-state index in [9.17, 15) is 0 Å². The monoisotopic (exact) mass is 1150 g/mol. The fraction of sp³-hybridized carbons (Fsp3) is 0.415. The molecule has 4 unspecified atom stereocenters. The van der Waals surface area contributed by atoms with Crippen molar-refractivity contribution in [2.24, 2.45) is 0 Å². The van der Waals surface area contributed by atoms with Gasteiger partial charge in [-0.05, 0) is 206 Å². The minimum absolute atomic E-state index is 0.000170. The lowest BCUT2D eigenvalue weighted by Crippen LogP contribution is -2.62. The SMILES string of the molecule is CC(C)(C)c1ccc(N2c3ccc(N4c5ccc(C(C)(C)C)cc5C5(C)CCCCC45C)cc3B3c4cc(C(C)(C)C)ccc4N(c4ccc(C(C)(C)C)cc4)c4cc(N5c6ccc(C(C)(C)C)cc6C6(C)CCc7ccccc7C56C)cc2c43)cc1. The lowest BCUT2D eigenvalue weighted by atomic mass is 9.33. The van der Waals surface area contributed by atoms with Crippen molar-refractivity contribution < 1.29 is 0 Å². The molecule has 6 aliphatic rings. The minimum atomic E-state index is -0.418. The third kappa shape index (κ3) is 8.35. The van der Waals surface area contributed by atoms with Gasteiger partial charge in [-0.15, -0.1) is 0 Å². The summed E-state index contributed by atoms with van der Waals surface area (Å²) in [6.07, 6.45) is 6.92. The van der Waals surface area contributed by atoms with E-state index in [0.29, 0.717) is 0 Å². The first-order chi connectivity index (χ1) is 40.8. The first-order valence-electron chi connectivity index (χ1n) is 33.0. The van der Waals surface area contributed by atoms with Crippen LogP contribution in [0.1, 0.15) is 214 Å². The Morgan fingerprint density at radius 3 is 1.30 bits per heavy atom. The summed E-state index contributed by atoms with van der Waals surface area (Å²) >= 11 is 0. The average Bonchev–Trinajstić information content (AvgIpc) is 1.64. The van der Waals surface area contributed by atoms with E-state index in [1.807, 2.05) is 0 Å². The van der Waals surface area contributed by atoms with Crippen molar-refractivity contribution in [3.63, 3.8) is 0 Å². The van der Waals surface area contributed by atoms with Gasteiger partial charge in [0.1, 0.15) is 0 Å². The number of fused-ring (bicyclic) bond motifs is 12. The molecule has 4 aliphatic heterocycles. The number of nitrogens with zero attached hydrogens (tertiary/aromatic N) is 4. The van der Waals surface area contributed by atoms with Gasteiger partial charge < -0.3 is 19.6 Å². The summed E-state index contributed by atoms with van der Waals surface area (Å²) < 4.78 is 0. The number of hydrogen-bond acceptors (Lipinski definition) is 4. The van der Waals surface area contributed by atoms with Crippen molar-refractivity contribution in [3.8, 4) is 0 Å². The number of hydrogen-bond donors (Lipinski definition) is 0. The molecule has 0 saturated heterocycles. The van der Waals surface area contributed by atoms with Crippen LogP contribution in [0.25, 0.3) is 0 Å². The summed E-state index contributed by atoms with van der Waals surface area (Å²) in [6.45, 7) is 45.7. The number of aryl methyl sites for hydroxylation is 1. The third-order valence-electron chi connectivity index (χ3n) is 23.0. The molecule has 0 amide bonds. The Hall–Kier alpha value is -6.98. The summed E-state index contributed by atoms with van der Waals surface area (Å²) in [6, 6.07) is 64.2. The van der Waals surface area contributed by atoms with Gasteiger partial charge in [0.25, 0.3) is 6.71 Å². The molecule has 0 bridgehead atoms. The van der Waals surface area contributed by atoms with Gasteiger partial charge in [-0.3, -0.25) is 0 Å². The van der Waals surface area contributed by atoms with Crippen molar-refractivity contribution in [1.29, 1.82) is 0 Å². The summed E-state index contributed by atoms with van der Waals surface area (Å²) in [5, 5.41) is 0. The summed E-state index contributed by atoms with van der Waals surface area (Å²) in [4.78, 5) is 11.0. The zero-order chi connectivity index (χ0) is 61.7. The van der Waals surface area contributed by atoms with E-state index in [4.69, 9.17) is 0 Å².